The average molecular weight is 271 g/mol. The molecular weight excluding hydrogens is 256 g/mol. The summed E-state index contributed by atoms with van der Waals surface area (Å²) in [6.45, 7) is 5.56. The van der Waals surface area contributed by atoms with E-state index in [1.165, 1.54) is 18.2 Å². The molecule has 0 aliphatic heterocycles. The zero-order valence-corrected chi connectivity index (χ0v) is 11.1. The minimum absolute atomic E-state index is 0.00144. The predicted octanol–water partition coefficient (Wildman–Crippen LogP) is 2.96. The van der Waals surface area contributed by atoms with E-state index in [1.807, 2.05) is 20.8 Å². The van der Waals surface area contributed by atoms with Crippen LogP contribution in [0.5, 0.6) is 0 Å². The van der Waals surface area contributed by atoms with Crippen LogP contribution < -0.4 is 10.6 Å². The molecule has 0 unspecified atom stereocenters. The van der Waals surface area contributed by atoms with E-state index >= 15 is 0 Å². The van der Waals surface area contributed by atoms with Crippen LogP contribution in [0.25, 0.3) is 0 Å². The lowest BCUT2D eigenvalue weighted by atomic mass is 10.1. The first-order chi connectivity index (χ1) is 8.19. The number of amides is 2. The number of carbonyl (C=O) groups is 2. The number of benzene rings is 1. The minimum atomic E-state index is -1.11. The molecule has 6 heteroatoms. The molecule has 2 amide bonds. The van der Waals surface area contributed by atoms with Crippen molar-refractivity contribution in [3.8, 4) is 0 Å². The summed E-state index contributed by atoms with van der Waals surface area (Å²) in [5, 5.41) is 14.2. The molecule has 0 aromatic heterocycles. The van der Waals surface area contributed by atoms with Crippen molar-refractivity contribution in [2.75, 3.05) is 5.32 Å². The third-order valence-electron chi connectivity index (χ3n) is 1.95. The topological polar surface area (TPSA) is 78.4 Å². The lowest BCUT2D eigenvalue weighted by Gasteiger charge is -2.20. The molecule has 0 spiro atoms. The highest BCUT2D eigenvalue weighted by molar-refractivity contribution is 6.33. The average Bonchev–Trinajstić information content (AvgIpc) is 2.13. The van der Waals surface area contributed by atoms with Crippen LogP contribution in [-0.4, -0.2) is 22.6 Å². The largest absolute Gasteiger partial charge is 0.478 e. The summed E-state index contributed by atoms with van der Waals surface area (Å²) in [6, 6.07) is 3.85. The highest BCUT2D eigenvalue weighted by Gasteiger charge is 2.14. The summed E-state index contributed by atoms with van der Waals surface area (Å²) in [5.41, 5.74) is 0.0831. The van der Waals surface area contributed by atoms with Gasteiger partial charge in [0.25, 0.3) is 0 Å². The van der Waals surface area contributed by atoms with Crippen molar-refractivity contribution >= 4 is 29.3 Å². The molecule has 1 aromatic rings. The zero-order chi connectivity index (χ0) is 13.9. The quantitative estimate of drug-likeness (QED) is 0.773. The van der Waals surface area contributed by atoms with Gasteiger partial charge in [0.05, 0.1) is 10.6 Å². The maximum absolute atomic E-state index is 11.6. The van der Waals surface area contributed by atoms with E-state index in [4.69, 9.17) is 16.7 Å². The molecule has 3 N–H and O–H groups in total. The van der Waals surface area contributed by atoms with Crippen molar-refractivity contribution in [2.45, 2.75) is 26.3 Å². The fourth-order valence-corrected chi connectivity index (χ4v) is 1.53. The summed E-state index contributed by atoms with van der Waals surface area (Å²) in [7, 11) is 0. The fraction of sp³-hybridized carbons (Fsp3) is 0.333. The number of carboxylic acid groups (broad SMARTS) is 1. The van der Waals surface area contributed by atoms with Crippen molar-refractivity contribution in [2.24, 2.45) is 0 Å². The summed E-state index contributed by atoms with van der Waals surface area (Å²) in [5.74, 6) is -1.11. The van der Waals surface area contributed by atoms with Crippen LogP contribution in [0.2, 0.25) is 5.02 Å². The molecule has 0 radical (unpaired) electrons. The van der Waals surface area contributed by atoms with Crippen LogP contribution in [0, 0.1) is 0 Å². The van der Waals surface area contributed by atoms with Gasteiger partial charge in [-0.25, -0.2) is 9.59 Å². The highest BCUT2D eigenvalue weighted by atomic mass is 35.5. The second-order valence-electron chi connectivity index (χ2n) is 4.83. The van der Waals surface area contributed by atoms with Gasteiger partial charge in [-0.1, -0.05) is 11.6 Å². The molecule has 5 nitrogen and oxygen atoms in total. The maximum atomic E-state index is 11.6. The molecule has 0 atom stereocenters. The van der Waals surface area contributed by atoms with Gasteiger partial charge in [0, 0.05) is 11.2 Å². The van der Waals surface area contributed by atoms with Gasteiger partial charge in [0.1, 0.15) is 0 Å². The van der Waals surface area contributed by atoms with E-state index in [0.29, 0.717) is 5.69 Å². The number of urea groups is 1. The molecule has 0 bridgehead atoms. The van der Waals surface area contributed by atoms with Crippen LogP contribution in [0.3, 0.4) is 0 Å². The Morgan fingerprint density at radius 1 is 1.28 bits per heavy atom. The van der Waals surface area contributed by atoms with Crippen LogP contribution in [0.15, 0.2) is 18.2 Å². The maximum Gasteiger partial charge on any atom is 0.337 e. The molecular formula is C12H15ClN2O3. The van der Waals surface area contributed by atoms with Crippen molar-refractivity contribution in [3.63, 3.8) is 0 Å². The Labute approximate surface area is 110 Å². The molecule has 0 aliphatic rings. The van der Waals surface area contributed by atoms with E-state index in [2.05, 4.69) is 10.6 Å². The fourth-order valence-electron chi connectivity index (χ4n) is 1.27. The number of carboxylic acids is 1. The molecule has 0 saturated carbocycles. The smallest absolute Gasteiger partial charge is 0.337 e. The Kier molecular flexibility index (Phi) is 4.19. The van der Waals surface area contributed by atoms with E-state index in [1.54, 1.807) is 0 Å². The van der Waals surface area contributed by atoms with Crippen molar-refractivity contribution < 1.29 is 14.7 Å². The Balaban J connectivity index is 2.78. The van der Waals surface area contributed by atoms with Crippen LogP contribution in [-0.2, 0) is 0 Å². The lowest BCUT2D eigenvalue weighted by molar-refractivity contribution is 0.0697. The number of hydrogen-bond acceptors (Lipinski definition) is 2. The number of hydrogen-bond donors (Lipinski definition) is 3. The van der Waals surface area contributed by atoms with Gasteiger partial charge in [0.15, 0.2) is 0 Å². The standard InChI is InChI=1S/C12H15ClN2O3/c1-12(2,3)15-11(18)14-7-4-5-8(10(16)17)9(13)6-7/h4-6H,1-3H3,(H,16,17)(H2,14,15,18). The first-order valence-electron chi connectivity index (χ1n) is 5.31. The van der Waals surface area contributed by atoms with Gasteiger partial charge in [-0.15, -0.1) is 0 Å². The van der Waals surface area contributed by atoms with Gasteiger partial charge in [0.2, 0.25) is 0 Å². The molecule has 1 aromatic carbocycles. The SMILES string of the molecule is CC(C)(C)NC(=O)Nc1ccc(C(=O)O)c(Cl)c1. The minimum Gasteiger partial charge on any atom is -0.478 e. The van der Waals surface area contributed by atoms with Crippen molar-refractivity contribution in [3.05, 3.63) is 28.8 Å². The number of nitrogens with one attached hydrogen (secondary N) is 2. The molecule has 0 aliphatic carbocycles. The van der Waals surface area contributed by atoms with E-state index in [0.717, 1.165) is 0 Å². The summed E-state index contributed by atoms with van der Waals surface area (Å²) in [4.78, 5) is 22.3. The molecule has 98 valence electrons. The van der Waals surface area contributed by atoms with Crippen molar-refractivity contribution in [1.29, 1.82) is 0 Å². The zero-order valence-electron chi connectivity index (χ0n) is 10.4. The van der Waals surface area contributed by atoms with Gasteiger partial charge in [-0.3, -0.25) is 0 Å². The number of aromatic carboxylic acids is 1. The van der Waals surface area contributed by atoms with Gasteiger partial charge in [-0.2, -0.15) is 0 Å². The number of rotatable bonds is 2. The number of halogens is 1. The second-order valence-corrected chi connectivity index (χ2v) is 5.24. The Morgan fingerprint density at radius 3 is 2.33 bits per heavy atom. The van der Waals surface area contributed by atoms with E-state index in [-0.39, 0.29) is 22.2 Å². The van der Waals surface area contributed by atoms with E-state index in [9.17, 15) is 9.59 Å². The third kappa shape index (κ3) is 4.25. The molecule has 0 heterocycles. The summed E-state index contributed by atoms with van der Waals surface area (Å²) in [6.07, 6.45) is 0. The normalized spacial score (nSPS) is 10.9. The van der Waals surface area contributed by atoms with Gasteiger partial charge in [-0.05, 0) is 39.0 Å². The first-order valence-corrected chi connectivity index (χ1v) is 5.69. The van der Waals surface area contributed by atoms with Crippen molar-refractivity contribution in [1.82, 2.24) is 5.32 Å². The van der Waals surface area contributed by atoms with Gasteiger partial charge >= 0.3 is 12.0 Å². The van der Waals surface area contributed by atoms with Gasteiger partial charge < -0.3 is 15.7 Å². The Bertz CT molecular complexity index is 481. The number of anilines is 1. The monoisotopic (exact) mass is 270 g/mol. The molecule has 0 saturated heterocycles. The lowest BCUT2D eigenvalue weighted by Crippen LogP contribution is -2.43. The van der Waals surface area contributed by atoms with Crippen LogP contribution in [0.1, 0.15) is 31.1 Å². The molecule has 0 fully saturated rings. The third-order valence-corrected chi connectivity index (χ3v) is 2.26. The van der Waals surface area contributed by atoms with Crippen LogP contribution in [0.4, 0.5) is 10.5 Å². The summed E-state index contributed by atoms with van der Waals surface area (Å²) < 4.78 is 0. The molecule has 18 heavy (non-hydrogen) atoms. The highest BCUT2D eigenvalue weighted by Crippen LogP contribution is 2.21. The predicted molar refractivity (Wildman–Crippen MR) is 70.3 cm³/mol. The Hall–Kier alpha value is -1.75. The van der Waals surface area contributed by atoms with Crippen LogP contribution >= 0.6 is 11.6 Å². The van der Waals surface area contributed by atoms with E-state index < -0.39 is 5.97 Å². The summed E-state index contributed by atoms with van der Waals surface area (Å²) >= 11 is 5.79. The first kappa shape index (κ1) is 14.3. The molecule has 1 rings (SSSR count). The Morgan fingerprint density at radius 2 is 1.89 bits per heavy atom. The second kappa shape index (κ2) is 5.27. The number of carbonyl (C=O) groups excluding carboxylic acids is 1.